The fraction of sp³-hybridized carbons (Fsp3) is 0.455. The Balaban J connectivity index is 2.22. The maximum Gasteiger partial charge on any atom is 0.116 e. The average molecular weight is 217 g/mol. The zero-order valence-electron chi connectivity index (χ0n) is 9.27. The summed E-state index contributed by atoms with van der Waals surface area (Å²) in [5.74, 6) is 0. The van der Waals surface area contributed by atoms with Gasteiger partial charge in [0.15, 0.2) is 0 Å². The third-order valence-corrected chi connectivity index (χ3v) is 3.40. The fourth-order valence-electron chi connectivity index (χ4n) is 2.51. The minimum atomic E-state index is 0.276. The van der Waals surface area contributed by atoms with Gasteiger partial charge < -0.3 is 10.7 Å². The molecule has 3 rings (SSSR count). The minimum absolute atomic E-state index is 0.276. The van der Waals surface area contributed by atoms with Crippen molar-refractivity contribution < 1.29 is 0 Å². The lowest BCUT2D eigenvalue weighted by Crippen LogP contribution is -2.36. The highest BCUT2D eigenvalue weighted by Crippen LogP contribution is 2.31. The van der Waals surface area contributed by atoms with Gasteiger partial charge in [0.1, 0.15) is 6.33 Å². The Bertz CT molecular complexity index is 518. The number of nitrogens with zero attached hydrogens (tertiary/aromatic N) is 3. The third-order valence-electron chi connectivity index (χ3n) is 3.40. The van der Waals surface area contributed by atoms with Crippen LogP contribution in [-0.2, 0) is 6.42 Å². The zero-order valence-corrected chi connectivity index (χ0v) is 9.27. The lowest BCUT2D eigenvalue weighted by atomic mass is 10.00. The summed E-state index contributed by atoms with van der Waals surface area (Å²) in [7, 11) is 2.11. The first-order chi connectivity index (χ1) is 7.81. The van der Waals surface area contributed by atoms with Gasteiger partial charge in [0.05, 0.1) is 23.3 Å². The predicted octanol–water partition coefficient (Wildman–Crippen LogP) is 0.446. The Labute approximate surface area is 93.7 Å². The summed E-state index contributed by atoms with van der Waals surface area (Å²) in [6, 6.07) is 0.276. The molecule has 0 fully saturated rings. The van der Waals surface area contributed by atoms with Gasteiger partial charge in [-0.15, -0.1) is 0 Å². The quantitative estimate of drug-likeness (QED) is 0.727. The number of aromatic nitrogens is 3. The first-order valence-corrected chi connectivity index (χ1v) is 5.52. The van der Waals surface area contributed by atoms with Gasteiger partial charge in [-0.1, -0.05) is 0 Å². The summed E-state index contributed by atoms with van der Waals surface area (Å²) < 4.78 is 0. The molecule has 0 bridgehead atoms. The van der Waals surface area contributed by atoms with E-state index in [1.807, 2.05) is 6.20 Å². The Morgan fingerprint density at radius 3 is 3.31 bits per heavy atom. The summed E-state index contributed by atoms with van der Waals surface area (Å²) in [6.07, 6.45) is 4.46. The molecule has 1 unspecified atom stereocenters. The number of nitrogens with two attached hydrogens (primary N) is 1. The minimum Gasteiger partial charge on any atom is -0.354 e. The van der Waals surface area contributed by atoms with Crippen molar-refractivity contribution in [2.45, 2.75) is 12.5 Å². The SMILES string of the molecule is CN1CCc2c([nH]c3cncnc23)C1CN. The van der Waals surface area contributed by atoms with Crippen LogP contribution in [0.4, 0.5) is 0 Å². The van der Waals surface area contributed by atoms with E-state index in [9.17, 15) is 0 Å². The summed E-state index contributed by atoms with van der Waals surface area (Å²) >= 11 is 0. The van der Waals surface area contributed by atoms with Gasteiger partial charge in [0.2, 0.25) is 0 Å². The van der Waals surface area contributed by atoms with Crippen LogP contribution >= 0.6 is 0 Å². The van der Waals surface area contributed by atoms with Crippen LogP contribution in [0.1, 0.15) is 17.3 Å². The molecule has 16 heavy (non-hydrogen) atoms. The number of H-pyrrole nitrogens is 1. The number of rotatable bonds is 1. The zero-order chi connectivity index (χ0) is 11.1. The van der Waals surface area contributed by atoms with E-state index < -0.39 is 0 Å². The molecule has 1 aliphatic rings. The highest BCUT2D eigenvalue weighted by molar-refractivity contribution is 5.80. The van der Waals surface area contributed by atoms with E-state index in [0.717, 1.165) is 24.0 Å². The second-order valence-corrected chi connectivity index (χ2v) is 4.28. The van der Waals surface area contributed by atoms with Crippen molar-refractivity contribution >= 4 is 11.0 Å². The van der Waals surface area contributed by atoms with Gasteiger partial charge in [0, 0.05) is 24.3 Å². The van der Waals surface area contributed by atoms with Crippen LogP contribution in [0.5, 0.6) is 0 Å². The molecular formula is C11H15N5. The first-order valence-electron chi connectivity index (χ1n) is 5.52. The number of likely N-dealkylation sites (N-methyl/N-ethyl adjacent to an activating group) is 1. The number of hydrogen-bond donors (Lipinski definition) is 2. The molecule has 3 heterocycles. The molecule has 84 valence electrons. The standard InChI is InChI=1S/C11H15N5/c1-16-3-2-7-10-8(5-13-6-14-10)15-11(7)9(16)4-12/h5-6,9,15H,2-4,12H2,1H3. The number of hydrogen-bond acceptors (Lipinski definition) is 4. The van der Waals surface area contributed by atoms with E-state index in [-0.39, 0.29) is 6.04 Å². The van der Waals surface area contributed by atoms with E-state index in [4.69, 9.17) is 5.73 Å². The maximum absolute atomic E-state index is 5.83. The topological polar surface area (TPSA) is 70.8 Å². The second-order valence-electron chi connectivity index (χ2n) is 4.28. The van der Waals surface area contributed by atoms with Gasteiger partial charge in [0.25, 0.3) is 0 Å². The monoisotopic (exact) mass is 217 g/mol. The van der Waals surface area contributed by atoms with E-state index in [1.54, 1.807) is 6.33 Å². The molecular weight excluding hydrogens is 202 g/mol. The van der Waals surface area contributed by atoms with Crippen LogP contribution < -0.4 is 5.73 Å². The van der Waals surface area contributed by atoms with Gasteiger partial charge in [-0.25, -0.2) is 9.97 Å². The molecule has 1 atom stereocenters. The van der Waals surface area contributed by atoms with Crippen molar-refractivity contribution in [1.82, 2.24) is 19.9 Å². The Morgan fingerprint density at radius 2 is 2.50 bits per heavy atom. The molecule has 0 saturated heterocycles. The Morgan fingerprint density at radius 1 is 1.62 bits per heavy atom. The average Bonchev–Trinajstić information content (AvgIpc) is 2.67. The van der Waals surface area contributed by atoms with Crippen LogP contribution in [0.15, 0.2) is 12.5 Å². The van der Waals surface area contributed by atoms with Crippen LogP contribution in [0.25, 0.3) is 11.0 Å². The number of fused-ring (bicyclic) bond motifs is 3. The maximum atomic E-state index is 5.83. The highest BCUT2D eigenvalue weighted by Gasteiger charge is 2.27. The molecule has 0 spiro atoms. The summed E-state index contributed by atoms with van der Waals surface area (Å²) in [4.78, 5) is 14.1. The molecule has 0 saturated carbocycles. The van der Waals surface area contributed by atoms with Crippen molar-refractivity contribution in [3.05, 3.63) is 23.8 Å². The lowest BCUT2D eigenvalue weighted by Gasteiger charge is -2.31. The summed E-state index contributed by atoms with van der Waals surface area (Å²) in [5.41, 5.74) is 10.4. The number of nitrogens with one attached hydrogen (secondary N) is 1. The molecule has 2 aromatic heterocycles. The van der Waals surface area contributed by atoms with Crippen LogP contribution in [0, 0.1) is 0 Å². The third kappa shape index (κ3) is 1.25. The normalized spacial score (nSPS) is 21.2. The lowest BCUT2D eigenvalue weighted by molar-refractivity contribution is 0.233. The molecule has 3 N–H and O–H groups in total. The smallest absolute Gasteiger partial charge is 0.116 e. The van der Waals surface area contributed by atoms with Crippen molar-refractivity contribution in [2.24, 2.45) is 5.73 Å². The molecule has 0 aromatic carbocycles. The second kappa shape index (κ2) is 3.54. The van der Waals surface area contributed by atoms with E-state index in [1.165, 1.54) is 11.3 Å². The molecule has 5 nitrogen and oxygen atoms in total. The van der Waals surface area contributed by atoms with Crippen LogP contribution in [0.2, 0.25) is 0 Å². The van der Waals surface area contributed by atoms with Gasteiger partial charge in [-0.3, -0.25) is 4.90 Å². The van der Waals surface area contributed by atoms with Crippen molar-refractivity contribution in [1.29, 1.82) is 0 Å². The summed E-state index contributed by atoms with van der Waals surface area (Å²) in [5, 5.41) is 0. The van der Waals surface area contributed by atoms with Crippen molar-refractivity contribution in [2.75, 3.05) is 20.1 Å². The molecule has 0 aliphatic carbocycles. The van der Waals surface area contributed by atoms with Crippen LogP contribution in [-0.4, -0.2) is 40.0 Å². The van der Waals surface area contributed by atoms with Gasteiger partial charge in [-0.05, 0) is 13.5 Å². The Hall–Kier alpha value is -1.46. The van der Waals surface area contributed by atoms with Gasteiger partial charge in [-0.2, -0.15) is 0 Å². The fourth-order valence-corrected chi connectivity index (χ4v) is 2.51. The van der Waals surface area contributed by atoms with E-state index >= 15 is 0 Å². The van der Waals surface area contributed by atoms with Crippen LogP contribution in [0.3, 0.4) is 0 Å². The van der Waals surface area contributed by atoms with E-state index in [0.29, 0.717) is 6.54 Å². The van der Waals surface area contributed by atoms with Gasteiger partial charge >= 0.3 is 0 Å². The predicted molar refractivity (Wildman–Crippen MR) is 62.0 cm³/mol. The first kappa shape index (κ1) is 9.74. The molecule has 0 radical (unpaired) electrons. The summed E-state index contributed by atoms with van der Waals surface area (Å²) in [6.45, 7) is 1.66. The molecule has 1 aliphatic heterocycles. The molecule has 5 heteroatoms. The Kier molecular flexibility index (Phi) is 2.15. The number of aromatic amines is 1. The molecule has 2 aromatic rings. The van der Waals surface area contributed by atoms with E-state index in [2.05, 4.69) is 26.9 Å². The largest absolute Gasteiger partial charge is 0.354 e. The van der Waals surface area contributed by atoms with Crippen molar-refractivity contribution in [3.8, 4) is 0 Å². The molecule has 0 amide bonds. The van der Waals surface area contributed by atoms with Crippen molar-refractivity contribution in [3.63, 3.8) is 0 Å². The highest BCUT2D eigenvalue weighted by atomic mass is 15.2.